The van der Waals surface area contributed by atoms with Gasteiger partial charge in [-0.15, -0.1) is 10.2 Å². The van der Waals surface area contributed by atoms with Crippen LogP contribution >= 0.6 is 11.3 Å². The first kappa shape index (κ1) is 12.6. The maximum Gasteiger partial charge on any atom is 0.206 e. The average Bonchev–Trinajstić information content (AvgIpc) is 3.09. The molecule has 4 nitrogen and oxygen atoms in total. The summed E-state index contributed by atoms with van der Waals surface area (Å²) in [6.07, 6.45) is 1.19. The van der Waals surface area contributed by atoms with Crippen molar-refractivity contribution in [3.05, 3.63) is 30.3 Å². The zero-order chi connectivity index (χ0) is 13.1. The summed E-state index contributed by atoms with van der Waals surface area (Å²) in [5, 5.41) is 13.9. The third kappa shape index (κ3) is 2.93. The fourth-order valence-electron chi connectivity index (χ4n) is 2.39. The highest BCUT2D eigenvalue weighted by Crippen LogP contribution is 2.27. The van der Waals surface area contributed by atoms with Gasteiger partial charge in [-0.2, -0.15) is 0 Å². The quantitative estimate of drug-likeness (QED) is 0.930. The van der Waals surface area contributed by atoms with Crippen molar-refractivity contribution >= 4 is 16.5 Å². The zero-order valence-corrected chi connectivity index (χ0v) is 11.9. The van der Waals surface area contributed by atoms with E-state index >= 15 is 0 Å². The third-order valence-electron chi connectivity index (χ3n) is 3.49. The van der Waals surface area contributed by atoms with Crippen LogP contribution in [0.2, 0.25) is 0 Å². The molecule has 0 amide bonds. The molecule has 5 heteroatoms. The summed E-state index contributed by atoms with van der Waals surface area (Å²) >= 11 is 1.63. The van der Waals surface area contributed by atoms with Gasteiger partial charge < -0.3 is 10.2 Å². The van der Waals surface area contributed by atoms with E-state index in [0.717, 1.165) is 28.8 Å². The highest BCUT2D eigenvalue weighted by molar-refractivity contribution is 7.18. The predicted octanol–water partition coefficient (Wildman–Crippen LogP) is 2.71. The predicted molar refractivity (Wildman–Crippen MR) is 79.5 cm³/mol. The fourth-order valence-corrected chi connectivity index (χ4v) is 3.22. The van der Waals surface area contributed by atoms with E-state index in [2.05, 4.69) is 39.5 Å². The standard InChI is InChI=1S/C14H18N4S/c1-2-18-9-8-12(10-18)15-14-17-16-13(19-14)11-6-4-3-5-7-11/h3-7,12H,2,8-10H2,1H3,(H,15,17). The van der Waals surface area contributed by atoms with Gasteiger partial charge in [0.15, 0.2) is 0 Å². The molecule has 2 heterocycles. The van der Waals surface area contributed by atoms with Crippen molar-refractivity contribution < 1.29 is 0 Å². The van der Waals surface area contributed by atoms with Crippen LogP contribution in [0.1, 0.15) is 13.3 Å². The Labute approximate surface area is 117 Å². The maximum absolute atomic E-state index is 4.26. The lowest BCUT2D eigenvalue weighted by atomic mass is 10.2. The van der Waals surface area contributed by atoms with Crippen LogP contribution in [0.4, 0.5) is 5.13 Å². The van der Waals surface area contributed by atoms with Crippen LogP contribution in [0, 0.1) is 0 Å². The maximum atomic E-state index is 4.26. The Balaban J connectivity index is 1.66. The van der Waals surface area contributed by atoms with E-state index in [1.807, 2.05) is 18.2 Å². The Kier molecular flexibility index (Phi) is 3.75. The van der Waals surface area contributed by atoms with E-state index in [1.165, 1.54) is 13.0 Å². The van der Waals surface area contributed by atoms with Gasteiger partial charge in [-0.1, -0.05) is 48.6 Å². The molecule has 19 heavy (non-hydrogen) atoms. The second-order valence-electron chi connectivity index (χ2n) is 4.80. The van der Waals surface area contributed by atoms with Gasteiger partial charge in [0.1, 0.15) is 5.01 Å². The first-order valence-corrected chi connectivity index (χ1v) is 7.54. The number of hydrogen-bond donors (Lipinski definition) is 1. The molecule has 0 spiro atoms. The number of rotatable bonds is 4. The average molecular weight is 274 g/mol. The zero-order valence-electron chi connectivity index (χ0n) is 11.0. The summed E-state index contributed by atoms with van der Waals surface area (Å²) in [6.45, 7) is 5.62. The largest absolute Gasteiger partial charge is 0.356 e. The minimum atomic E-state index is 0.511. The summed E-state index contributed by atoms with van der Waals surface area (Å²) in [6, 6.07) is 10.7. The van der Waals surface area contributed by atoms with Crippen molar-refractivity contribution in [2.75, 3.05) is 25.0 Å². The number of anilines is 1. The van der Waals surface area contributed by atoms with Crippen LogP contribution in [-0.4, -0.2) is 40.8 Å². The molecule has 100 valence electrons. The van der Waals surface area contributed by atoms with Gasteiger partial charge in [0.05, 0.1) is 0 Å². The van der Waals surface area contributed by atoms with Gasteiger partial charge in [0.2, 0.25) is 5.13 Å². The van der Waals surface area contributed by atoms with E-state index in [1.54, 1.807) is 11.3 Å². The lowest BCUT2D eigenvalue weighted by Gasteiger charge is -2.13. The van der Waals surface area contributed by atoms with Crippen molar-refractivity contribution in [2.45, 2.75) is 19.4 Å². The van der Waals surface area contributed by atoms with E-state index in [9.17, 15) is 0 Å². The highest BCUT2D eigenvalue weighted by atomic mass is 32.1. The molecule has 0 radical (unpaired) electrons. The number of likely N-dealkylation sites (N-methyl/N-ethyl adjacent to an activating group) is 1. The van der Waals surface area contributed by atoms with Gasteiger partial charge in [0.25, 0.3) is 0 Å². The van der Waals surface area contributed by atoms with Crippen LogP contribution < -0.4 is 5.32 Å². The molecule has 1 fully saturated rings. The molecule has 2 aromatic rings. The Bertz CT molecular complexity index is 525. The number of likely N-dealkylation sites (tertiary alicyclic amines) is 1. The molecule has 1 N–H and O–H groups in total. The van der Waals surface area contributed by atoms with Crippen LogP contribution in [0.3, 0.4) is 0 Å². The van der Waals surface area contributed by atoms with Crippen molar-refractivity contribution in [1.82, 2.24) is 15.1 Å². The molecule has 1 saturated heterocycles. The van der Waals surface area contributed by atoms with E-state index < -0.39 is 0 Å². The van der Waals surface area contributed by atoms with E-state index in [0.29, 0.717) is 6.04 Å². The molecule has 1 aromatic carbocycles. The van der Waals surface area contributed by atoms with Crippen LogP contribution in [0.25, 0.3) is 10.6 Å². The Morgan fingerprint density at radius 3 is 2.89 bits per heavy atom. The molecular weight excluding hydrogens is 256 g/mol. The molecule has 1 aromatic heterocycles. The minimum absolute atomic E-state index is 0.511. The Hall–Kier alpha value is -1.46. The van der Waals surface area contributed by atoms with E-state index in [-0.39, 0.29) is 0 Å². The molecule has 1 unspecified atom stereocenters. The normalized spacial score (nSPS) is 19.7. The molecule has 1 aliphatic rings. The van der Waals surface area contributed by atoms with Gasteiger partial charge in [-0.25, -0.2) is 0 Å². The summed E-state index contributed by atoms with van der Waals surface area (Å²) in [5.41, 5.74) is 1.13. The third-order valence-corrected chi connectivity index (χ3v) is 4.40. The van der Waals surface area contributed by atoms with Crippen molar-refractivity contribution in [3.8, 4) is 10.6 Å². The second kappa shape index (κ2) is 5.67. The molecule has 0 bridgehead atoms. The lowest BCUT2D eigenvalue weighted by molar-refractivity contribution is 0.356. The van der Waals surface area contributed by atoms with Crippen molar-refractivity contribution in [3.63, 3.8) is 0 Å². The second-order valence-corrected chi connectivity index (χ2v) is 5.78. The first-order valence-electron chi connectivity index (χ1n) is 6.73. The monoisotopic (exact) mass is 274 g/mol. The number of nitrogens with one attached hydrogen (secondary N) is 1. The fraction of sp³-hybridized carbons (Fsp3) is 0.429. The summed E-state index contributed by atoms with van der Waals surface area (Å²) < 4.78 is 0. The smallest absolute Gasteiger partial charge is 0.206 e. The lowest BCUT2D eigenvalue weighted by Crippen LogP contribution is -2.25. The molecule has 1 atom stereocenters. The van der Waals surface area contributed by atoms with Gasteiger partial charge in [0, 0.05) is 24.7 Å². The van der Waals surface area contributed by atoms with Gasteiger partial charge >= 0.3 is 0 Å². The van der Waals surface area contributed by atoms with Gasteiger partial charge in [-0.3, -0.25) is 0 Å². The van der Waals surface area contributed by atoms with Crippen LogP contribution in [0.5, 0.6) is 0 Å². The molecule has 3 rings (SSSR count). The number of hydrogen-bond acceptors (Lipinski definition) is 5. The van der Waals surface area contributed by atoms with Crippen molar-refractivity contribution in [1.29, 1.82) is 0 Å². The molecular formula is C14H18N4S. The van der Waals surface area contributed by atoms with Crippen molar-refractivity contribution in [2.24, 2.45) is 0 Å². The van der Waals surface area contributed by atoms with Gasteiger partial charge in [-0.05, 0) is 13.0 Å². The Morgan fingerprint density at radius 2 is 2.16 bits per heavy atom. The van der Waals surface area contributed by atoms with E-state index in [4.69, 9.17) is 0 Å². The summed E-state index contributed by atoms with van der Waals surface area (Å²) in [4.78, 5) is 2.46. The summed E-state index contributed by atoms with van der Waals surface area (Å²) in [5.74, 6) is 0. The van der Waals surface area contributed by atoms with Crippen LogP contribution in [0.15, 0.2) is 30.3 Å². The Morgan fingerprint density at radius 1 is 1.32 bits per heavy atom. The SMILES string of the molecule is CCN1CCC(Nc2nnc(-c3ccccc3)s2)C1. The number of benzene rings is 1. The topological polar surface area (TPSA) is 41.0 Å². The molecule has 0 saturated carbocycles. The first-order chi connectivity index (χ1) is 9.35. The van der Waals surface area contributed by atoms with Crippen LogP contribution in [-0.2, 0) is 0 Å². The number of aromatic nitrogens is 2. The number of nitrogens with zero attached hydrogens (tertiary/aromatic N) is 3. The molecule has 0 aliphatic carbocycles. The highest BCUT2D eigenvalue weighted by Gasteiger charge is 2.21. The molecule has 1 aliphatic heterocycles. The minimum Gasteiger partial charge on any atom is -0.356 e. The summed E-state index contributed by atoms with van der Waals surface area (Å²) in [7, 11) is 0.